The molecule has 2 aromatic rings. The Morgan fingerprint density at radius 1 is 1.32 bits per heavy atom. The average molecular weight is 302 g/mol. The number of nitrogens with zero attached hydrogens (tertiary/aromatic N) is 3. The Bertz CT molecular complexity index is 632. The van der Waals surface area contributed by atoms with Crippen LogP contribution in [0.2, 0.25) is 0 Å². The Kier molecular flexibility index (Phi) is 5.14. The Hall–Kier alpha value is -2.37. The van der Waals surface area contributed by atoms with E-state index in [4.69, 9.17) is 4.74 Å². The highest BCUT2D eigenvalue weighted by Gasteiger charge is 2.17. The van der Waals surface area contributed by atoms with Gasteiger partial charge in [-0.1, -0.05) is 12.1 Å². The molecule has 0 aliphatic rings. The maximum Gasteiger partial charge on any atom is 0.273 e. The van der Waals surface area contributed by atoms with Crippen LogP contribution in [0, 0.1) is 6.92 Å². The van der Waals surface area contributed by atoms with Gasteiger partial charge in [0.15, 0.2) is 5.69 Å². The van der Waals surface area contributed by atoms with Gasteiger partial charge in [-0.3, -0.25) is 4.79 Å². The summed E-state index contributed by atoms with van der Waals surface area (Å²) in [5.74, 6) is 0.614. The highest BCUT2D eigenvalue weighted by molar-refractivity contribution is 5.93. The molecule has 0 saturated heterocycles. The SMILES string of the molecule is CCCOc1ccc(-n2nnc(C(=O)NC(C)C)c2C)cc1. The van der Waals surface area contributed by atoms with E-state index >= 15 is 0 Å². The highest BCUT2D eigenvalue weighted by Crippen LogP contribution is 2.17. The number of hydrogen-bond acceptors (Lipinski definition) is 4. The number of carbonyl (C=O) groups is 1. The van der Waals surface area contributed by atoms with Crippen LogP contribution in [-0.2, 0) is 0 Å². The van der Waals surface area contributed by atoms with E-state index in [9.17, 15) is 4.79 Å². The molecular formula is C16H22N4O2. The van der Waals surface area contributed by atoms with Gasteiger partial charge in [-0.15, -0.1) is 5.10 Å². The summed E-state index contributed by atoms with van der Waals surface area (Å²) < 4.78 is 7.21. The summed E-state index contributed by atoms with van der Waals surface area (Å²) in [4.78, 5) is 12.0. The molecule has 1 amide bonds. The fraction of sp³-hybridized carbons (Fsp3) is 0.438. The lowest BCUT2D eigenvalue weighted by Gasteiger charge is -2.08. The minimum Gasteiger partial charge on any atom is -0.494 e. The molecule has 22 heavy (non-hydrogen) atoms. The van der Waals surface area contributed by atoms with E-state index in [1.165, 1.54) is 0 Å². The average Bonchev–Trinajstić information content (AvgIpc) is 2.87. The Morgan fingerprint density at radius 2 is 2.00 bits per heavy atom. The summed E-state index contributed by atoms with van der Waals surface area (Å²) in [6, 6.07) is 7.64. The van der Waals surface area contributed by atoms with Crippen molar-refractivity contribution in [3.8, 4) is 11.4 Å². The third kappa shape index (κ3) is 3.63. The molecule has 0 unspecified atom stereocenters. The first-order chi connectivity index (χ1) is 10.5. The third-order valence-corrected chi connectivity index (χ3v) is 3.08. The lowest BCUT2D eigenvalue weighted by molar-refractivity contribution is 0.0937. The standard InChI is InChI=1S/C16H22N4O2/c1-5-10-22-14-8-6-13(7-9-14)20-12(4)15(18-19-20)16(21)17-11(2)3/h6-9,11H,5,10H2,1-4H3,(H,17,21). The smallest absolute Gasteiger partial charge is 0.273 e. The summed E-state index contributed by atoms with van der Waals surface area (Å²) in [7, 11) is 0. The molecule has 1 N–H and O–H groups in total. The molecule has 0 atom stereocenters. The quantitative estimate of drug-likeness (QED) is 0.890. The van der Waals surface area contributed by atoms with E-state index in [2.05, 4.69) is 22.6 Å². The predicted molar refractivity (Wildman–Crippen MR) is 84.5 cm³/mol. The van der Waals surface area contributed by atoms with Crippen LogP contribution in [0.25, 0.3) is 5.69 Å². The van der Waals surface area contributed by atoms with Crippen molar-refractivity contribution in [1.82, 2.24) is 20.3 Å². The van der Waals surface area contributed by atoms with Gasteiger partial charge in [0.2, 0.25) is 0 Å². The lowest BCUT2D eigenvalue weighted by atomic mass is 10.2. The van der Waals surface area contributed by atoms with Crippen molar-refractivity contribution in [2.24, 2.45) is 0 Å². The Balaban J connectivity index is 2.19. The van der Waals surface area contributed by atoms with Crippen molar-refractivity contribution < 1.29 is 9.53 Å². The van der Waals surface area contributed by atoms with Gasteiger partial charge in [0.1, 0.15) is 5.75 Å². The number of aromatic nitrogens is 3. The van der Waals surface area contributed by atoms with Crippen LogP contribution in [0.5, 0.6) is 5.75 Å². The molecule has 0 aliphatic carbocycles. The molecule has 0 aliphatic heterocycles. The van der Waals surface area contributed by atoms with E-state index in [0.29, 0.717) is 18.0 Å². The molecule has 6 nitrogen and oxygen atoms in total. The first-order valence-electron chi connectivity index (χ1n) is 7.49. The van der Waals surface area contributed by atoms with Crippen molar-refractivity contribution in [1.29, 1.82) is 0 Å². The van der Waals surface area contributed by atoms with Crippen LogP contribution in [-0.4, -0.2) is 33.5 Å². The van der Waals surface area contributed by atoms with Crippen LogP contribution in [0.3, 0.4) is 0 Å². The van der Waals surface area contributed by atoms with Crippen LogP contribution >= 0.6 is 0 Å². The zero-order valence-electron chi connectivity index (χ0n) is 13.5. The molecule has 118 valence electrons. The fourth-order valence-electron chi connectivity index (χ4n) is 2.02. The number of carbonyl (C=O) groups excluding carboxylic acids is 1. The van der Waals surface area contributed by atoms with Crippen LogP contribution in [0.15, 0.2) is 24.3 Å². The number of benzene rings is 1. The minimum absolute atomic E-state index is 0.0621. The zero-order chi connectivity index (χ0) is 16.1. The van der Waals surface area contributed by atoms with Crippen molar-refractivity contribution in [2.45, 2.75) is 40.2 Å². The third-order valence-electron chi connectivity index (χ3n) is 3.08. The maximum atomic E-state index is 12.0. The first-order valence-corrected chi connectivity index (χ1v) is 7.49. The van der Waals surface area contributed by atoms with Crippen LogP contribution < -0.4 is 10.1 Å². The molecule has 0 saturated carbocycles. The highest BCUT2D eigenvalue weighted by atomic mass is 16.5. The molecule has 1 heterocycles. The molecule has 0 spiro atoms. The van der Waals surface area contributed by atoms with Gasteiger partial charge in [0.25, 0.3) is 5.91 Å². The van der Waals surface area contributed by atoms with Crippen molar-refractivity contribution in [3.63, 3.8) is 0 Å². The maximum absolute atomic E-state index is 12.0. The second-order valence-electron chi connectivity index (χ2n) is 5.41. The molecule has 1 aromatic carbocycles. The molecule has 0 fully saturated rings. The summed E-state index contributed by atoms with van der Waals surface area (Å²) in [6.07, 6.45) is 0.970. The van der Waals surface area contributed by atoms with Crippen molar-refractivity contribution >= 4 is 5.91 Å². The number of rotatable bonds is 6. The van der Waals surface area contributed by atoms with Gasteiger partial charge in [0, 0.05) is 6.04 Å². The van der Waals surface area contributed by atoms with Gasteiger partial charge in [-0.2, -0.15) is 0 Å². The van der Waals surface area contributed by atoms with E-state index in [1.54, 1.807) is 4.68 Å². The topological polar surface area (TPSA) is 69.0 Å². The van der Waals surface area contributed by atoms with E-state index in [-0.39, 0.29) is 11.9 Å². The van der Waals surface area contributed by atoms with E-state index in [0.717, 1.165) is 17.9 Å². The Labute approximate surface area is 130 Å². The second kappa shape index (κ2) is 7.06. The first kappa shape index (κ1) is 16.0. The number of hydrogen-bond donors (Lipinski definition) is 1. The monoisotopic (exact) mass is 302 g/mol. The summed E-state index contributed by atoms with van der Waals surface area (Å²) in [6.45, 7) is 8.41. The predicted octanol–water partition coefficient (Wildman–Crippen LogP) is 2.50. The van der Waals surface area contributed by atoms with Crippen molar-refractivity contribution in [3.05, 3.63) is 35.7 Å². The van der Waals surface area contributed by atoms with Gasteiger partial charge < -0.3 is 10.1 Å². The van der Waals surface area contributed by atoms with E-state index in [1.807, 2.05) is 45.0 Å². The largest absolute Gasteiger partial charge is 0.494 e. The number of ether oxygens (including phenoxy) is 1. The number of amides is 1. The van der Waals surface area contributed by atoms with Gasteiger partial charge >= 0.3 is 0 Å². The molecule has 6 heteroatoms. The molecule has 2 rings (SSSR count). The lowest BCUT2D eigenvalue weighted by Crippen LogP contribution is -2.30. The summed E-state index contributed by atoms with van der Waals surface area (Å²) in [5, 5.41) is 10.9. The molecule has 0 bridgehead atoms. The van der Waals surface area contributed by atoms with Gasteiger partial charge in [-0.25, -0.2) is 4.68 Å². The van der Waals surface area contributed by atoms with Crippen LogP contribution in [0.4, 0.5) is 0 Å². The van der Waals surface area contributed by atoms with Gasteiger partial charge in [-0.05, 0) is 51.5 Å². The van der Waals surface area contributed by atoms with Crippen LogP contribution in [0.1, 0.15) is 43.4 Å². The van der Waals surface area contributed by atoms with E-state index < -0.39 is 0 Å². The van der Waals surface area contributed by atoms with Gasteiger partial charge in [0.05, 0.1) is 18.0 Å². The zero-order valence-corrected chi connectivity index (χ0v) is 13.5. The fourth-order valence-corrected chi connectivity index (χ4v) is 2.02. The summed E-state index contributed by atoms with van der Waals surface area (Å²) in [5.41, 5.74) is 1.90. The second-order valence-corrected chi connectivity index (χ2v) is 5.41. The normalized spacial score (nSPS) is 10.8. The number of nitrogens with one attached hydrogen (secondary N) is 1. The van der Waals surface area contributed by atoms with Crippen molar-refractivity contribution in [2.75, 3.05) is 6.61 Å². The molecule has 0 radical (unpaired) electrons. The molecular weight excluding hydrogens is 280 g/mol. The minimum atomic E-state index is -0.207. The Morgan fingerprint density at radius 3 is 2.59 bits per heavy atom. The molecule has 1 aromatic heterocycles. The summed E-state index contributed by atoms with van der Waals surface area (Å²) >= 11 is 0.